The Balaban J connectivity index is 3.33. The number of ether oxygens (including phenoxy) is 1. The summed E-state index contributed by atoms with van der Waals surface area (Å²) >= 11 is 0. The van der Waals surface area contributed by atoms with Crippen molar-refractivity contribution in [1.29, 1.82) is 0 Å². The second-order valence-corrected chi connectivity index (χ2v) is 3.21. The molecule has 0 bridgehead atoms. The minimum atomic E-state index is -4.78. The molecule has 1 aromatic heterocycles. The van der Waals surface area contributed by atoms with E-state index in [9.17, 15) is 12.3 Å². The molecular weight excluding hydrogens is 185 g/mol. The van der Waals surface area contributed by atoms with Gasteiger partial charge in [-0.1, -0.05) is 3.89 Å². The fourth-order valence-electron chi connectivity index (χ4n) is 0.715. The molecule has 0 aromatic carbocycles. The second kappa shape index (κ2) is 3.06. The number of aromatic nitrogens is 1. The summed E-state index contributed by atoms with van der Waals surface area (Å²) in [4.78, 5) is 3.33. The van der Waals surface area contributed by atoms with E-state index in [1.54, 1.807) is 0 Å². The maximum Gasteiger partial charge on any atom is 0.353 e. The van der Waals surface area contributed by atoms with E-state index in [4.69, 9.17) is 0 Å². The lowest BCUT2D eigenvalue weighted by Crippen LogP contribution is -1.99. The zero-order valence-corrected chi connectivity index (χ0v) is 7.01. The van der Waals surface area contributed by atoms with Gasteiger partial charge in [0.15, 0.2) is 5.75 Å². The summed E-state index contributed by atoms with van der Waals surface area (Å²) in [5, 5.41) is -0.687. The van der Waals surface area contributed by atoms with Crippen LogP contribution < -0.4 is 4.74 Å². The normalized spacial score (nSPS) is 11.2. The van der Waals surface area contributed by atoms with Crippen LogP contribution >= 0.6 is 0 Å². The lowest BCUT2D eigenvalue weighted by Gasteiger charge is -2.01. The van der Waals surface area contributed by atoms with Gasteiger partial charge in [0.05, 0.1) is 7.11 Å². The van der Waals surface area contributed by atoms with Crippen molar-refractivity contribution in [2.45, 2.75) is 5.03 Å². The fraction of sp³-hybridized carbons (Fsp3) is 0.167. The molecule has 0 aliphatic carbocycles. The Morgan fingerprint density at radius 2 is 2.25 bits per heavy atom. The van der Waals surface area contributed by atoms with Crippen LogP contribution in [-0.2, 0) is 10.2 Å². The molecule has 0 fully saturated rings. The molecule has 1 aromatic rings. The van der Waals surface area contributed by atoms with Gasteiger partial charge in [-0.2, -0.15) is 8.42 Å². The molecule has 6 heteroatoms. The first-order valence-electron chi connectivity index (χ1n) is 2.99. The molecule has 0 aliphatic rings. The fourth-order valence-corrected chi connectivity index (χ4v) is 1.29. The van der Waals surface area contributed by atoms with Crippen LogP contribution in [-0.4, -0.2) is 20.5 Å². The summed E-state index contributed by atoms with van der Waals surface area (Å²) in [5.41, 5.74) is 0. The Morgan fingerprint density at radius 1 is 1.58 bits per heavy atom. The zero-order chi connectivity index (χ0) is 9.19. The number of pyridine rings is 1. The first kappa shape index (κ1) is 8.92. The molecule has 0 radical (unpaired) electrons. The standard InChI is InChI=1S/C6H6FNO3S/c1-11-5-3-2-4-8-6(5)12(7,9)10/h2-4H,1H3. The van der Waals surface area contributed by atoms with Gasteiger partial charge in [-0.15, -0.1) is 0 Å². The van der Waals surface area contributed by atoms with Gasteiger partial charge < -0.3 is 4.74 Å². The van der Waals surface area contributed by atoms with Crippen LogP contribution in [0, 0.1) is 0 Å². The monoisotopic (exact) mass is 191 g/mol. The highest BCUT2D eigenvalue weighted by molar-refractivity contribution is 7.86. The largest absolute Gasteiger partial charge is 0.494 e. The topological polar surface area (TPSA) is 56.3 Å². The third kappa shape index (κ3) is 1.70. The summed E-state index contributed by atoms with van der Waals surface area (Å²) in [6, 6.07) is 2.77. The van der Waals surface area contributed by atoms with Crippen molar-refractivity contribution in [2.24, 2.45) is 0 Å². The minimum Gasteiger partial charge on any atom is -0.494 e. The SMILES string of the molecule is COc1cccnc1S(=O)(=O)F. The van der Waals surface area contributed by atoms with Gasteiger partial charge >= 0.3 is 10.2 Å². The summed E-state index contributed by atoms with van der Waals surface area (Å²) in [6.45, 7) is 0. The number of hydrogen-bond acceptors (Lipinski definition) is 4. The number of methoxy groups -OCH3 is 1. The van der Waals surface area contributed by atoms with Crippen LogP contribution in [0.5, 0.6) is 5.75 Å². The van der Waals surface area contributed by atoms with Gasteiger partial charge in [-0.25, -0.2) is 4.98 Å². The van der Waals surface area contributed by atoms with E-state index in [0.717, 1.165) is 0 Å². The quantitative estimate of drug-likeness (QED) is 0.647. The van der Waals surface area contributed by atoms with Crippen molar-refractivity contribution in [3.8, 4) is 5.75 Å². The molecule has 0 aliphatic heterocycles. The van der Waals surface area contributed by atoms with Gasteiger partial charge in [-0.3, -0.25) is 0 Å². The summed E-state index contributed by atoms with van der Waals surface area (Å²) < 4.78 is 37.8. The molecule has 0 spiro atoms. The highest BCUT2D eigenvalue weighted by Crippen LogP contribution is 2.21. The molecule has 66 valence electrons. The lowest BCUT2D eigenvalue weighted by atomic mass is 10.5. The predicted octanol–water partition coefficient (Wildman–Crippen LogP) is 0.748. The maximum atomic E-state index is 12.4. The van der Waals surface area contributed by atoms with Crippen molar-refractivity contribution >= 4 is 10.2 Å². The average Bonchev–Trinajstić information content (AvgIpc) is 2.03. The van der Waals surface area contributed by atoms with Gasteiger partial charge in [0, 0.05) is 6.20 Å². The molecule has 0 saturated heterocycles. The van der Waals surface area contributed by atoms with Crippen LogP contribution in [0.2, 0.25) is 0 Å². The Labute approximate surface area is 69.2 Å². The maximum absolute atomic E-state index is 12.4. The predicted molar refractivity (Wildman–Crippen MR) is 39.1 cm³/mol. The second-order valence-electron chi connectivity index (χ2n) is 1.95. The zero-order valence-electron chi connectivity index (χ0n) is 6.19. The Morgan fingerprint density at radius 3 is 2.67 bits per heavy atom. The minimum absolute atomic E-state index is 0.0972. The van der Waals surface area contributed by atoms with Crippen molar-refractivity contribution in [3.05, 3.63) is 18.3 Å². The van der Waals surface area contributed by atoms with Crippen molar-refractivity contribution in [2.75, 3.05) is 7.11 Å². The molecule has 4 nitrogen and oxygen atoms in total. The molecule has 12 heavy (non-hydrogen) atoms. The van der Waals surface area contributed by atoms with Crippen LogP contribution in [0.4, 0.5) is 3.89 Å². The molecule has 1 heterocycles. The number of rotatable bonds is 2. The summed E-state index contributed by atoms with van der Waals surface area (Å²) in [7, 11) is -3.54. The number of hydrogen-bond donors (Lipinski definition) is 0. The highest BCUT2D eigenvalue weighted by atomic mass is 32.3. The molecule has 0 atom stereocenters. The Kier molecular flexibility index (Phi) is 2.27. The number of nitrogens with zero attached hydrogens (tertiary/aromatic N) is 1. The molecule has 0 unspecified atom stereocenters. The van der Waals surface area contributed by atoms with Gasteiger partial charge in [0.1, 0.15) is 0 Å². The van der Waals surface area contributed by atoms with Crippen LogP contribution in [0.3, 0.4) is 0 Å². The van der Waals surface area contributed by atoms with Crippen LogP contribution in [0.1, 0.15) is 0 Å². The Bertz CT molecular complexity index is 376. The third-order valence-corrected chi connectivity index (χ3v) is 1.96. The molecule has 0 saturated carbocycles. The highest BCUT2D eigenvalue weighted by Gasteiger charge is 2.18. The first-order chi connectivity index (χ1) is 5.55. The summed E-state index contributed by atoms with van der Waals surface area (Å²) in [6.07, 6.45) is 1.18. The van der Waals surface area contributed by atoms with Crippen molar-refractivity contribution < 1.29 is 17.0 Å². The third-order valence-electron chi connectivity index (χ3n) is 1.19. The van der Waals surface area contributed by atoms with E-state index in [0.29, 0.717) is 0 Å². The molecule has 0 N–H and O–H groups in total. The first-order valence-corrected chi connectivity index (χ1v) is 4.37. The number of halogens is 1. The van der Waals surface area contributed by atoms with Gasteiger partial charge in [0.25, 0.3) is 0 Å². The molecule has 1 rings (SSSR count). The molecule has 0 amide bonds. The van der Waals surface area contributed by atoms with Crippen molar-refractivity contribution in [1.82, 2.24) is 4.98 Å². The van der Waals surface area contributed by atoms with E-state index >= 15 is 0 Å². The van der Waals surface area contributed by atoms with Crippen LogP contribution in [0.15, 0.2) is 23.4 Å². The molecular formula is C6H6FNO3S. The average molecular weight is 191 g/mol. The van der Waals surface area contributed by atoms with Crippen molar-refractivity contribution in [3.63, 3.8) is 0 Å². The smallest absolute Gasteiger partial charge is 0.353 e. The van der Waals surface area contributed by atoms with E-state index in [1.165, 1.54) is 25.4 Å². The van der Waals surface area contributed by atoms with E-state index in [-0.39, 0.29) is 5.75 Å². The van der Waals surface area contributed by atoms with Gasteiger partial charge in [-0.05, 0) is 12.1 Å². The van der Waals surface area contributed by atoms with Gasteiger partial charge in [0.2, 0.25) is 5.03 Å². The van der Waals surface area contributed by atoms with E-state index in [2.05, 4.69) is 9.72 Å². The van der Waals surface area contributed by atoms with Crippen LogP contribution in [0.25, 0.3) is 0 Å². The lowest BCUT2D eigenvalue weighted by molar-refractivity contribution is 0.396. The Hall–Kier alpha value is -1.17. The summed E-state index contributed by atoms with van der Waals surface area (Å²) in [5.74, 6) is -0.0972. The van der Waals surface area contributed by atoms with E-state index in [1.807, 2.05) is 0 Å². The van der Waals surface area contributed by atoms with E-state index < -0.39 is 15.2 Å².